The summed E-state index contributed by atoms with van der Waals surface area (Å²) in [5, 5.41) is 3.24. The van der Waals surface area contributed by atoms with Crippen LogP contribution in [0.1, 0.15) is 50.5 Å². The van der Waals surface area contributed by atoms with Crippen molar-refractivity contribution in [3.8, 4) is 0 Å². The summed E-state index contributed by atoms with van der Waals surface area (Å²) < 4.78 is 11.5. The standard InChI is InChI=1S/C22H32N2O3/c1-17-15-24(12-9-20(17)18-5-3-2-4-6-18)16-21(25)23-19-7-10-22(11-8-19)26-13-14-27-22/h2-6,17,19-20H,7-16H2,1H3,(H,23,25). The van der Waals surface area contributed by atoms with Crippen molar-refractivity contribution >= 4 is 5.91 Å². The van der Waals surface area contributed by atoms with Gasteiger partial charge in [-0.1, -0.05) is 37.3 Å². The lowest BCUT2D eigenvalue weighted by Crippen LogP contribution is -2.48. The molecule has 1 spiro atoms. The number of benzene rings is 1. The lowest BCUT2D eigenvalue weighted by Gasteiger charge is -2.38. The van der Waals surface area contributed by atoms with E-state index in [0.29, 0.717) is 31.6 Å². The van der Waals surface area contributed by atoms with Crippen LogP contribution in [-0.2, 0) is 14.3 Å². The van der Waals surface area contributed by atoms with Gasteiger partial charge in [0.15, 0.2) is 5.79 Å². The molecule has 2 heterocycles. The van der Waals surface area contributed by atoms with Crippen LogP contribution in [0.4, 0.5) is 0 Å². The number of rotatable bonds is 4. The van der Waals surface area contributed by atoms with Crippen molar-refractivity contribution in [2.24, 2.45) is 5.92 Å². The molecule has 5 nitrogen and oxygen atoms in total. The summed E-state index contributed by atoms with van der Waals surface area (Å²) in [5.41, 5.74) is 1.43. The summed E-state index contributed by atoms with van der Waals surface area (Å²) in [4.78, 5) is 14.8. The predicted molar refractivity (Wildman–Crippen MR) is 104 cm³/mol. The van der Waals surface area contributed by atoms with Crippen LogP contribution in [0.25, 0.3) is 0 Å². The van der Waals surface area contributed by atoms with E-state index < -0.39 is 0 Å². The van der Waals surface area contributed by atoms with Crippen molar-refractivity contribution < 1.29 is 14.3 Å². The molecule has 2 unspecified atom stereocenters. The average molecular weight is 373 g/mol. The van der Waals surface area contributed by atoms with Gasteiger partial charge >= 0.3 is 0 Å². The highest BCUT2D eigenvalue weighted by atomic mass is 16.7. The van der Waals surface area contributed by atoms with E-state index in [9.17, 15) is 4.79 Å². The molecule has 2 saturated heterocycles. The summed E-state index contributed by atoms with van der Waals surface area (Å²) in [7, 11) is 0. The molecule has 1 aromatic carbocycles. The monoisotopic (exact) mass is 372 g/mol. The molecule has 27 heavy (non-hydrogen) atoms. The number of carbonyl (C=O) groups is 1. The highest BCUT2D eigenvalue weighted by molar-refractivity contribution is 5.78. The van der Waals surface area contributed by atoms with Crippen LogP contribution in [0.15, 0.2) is 30.3 Å². The number of likely N-dealkylation sites (tertiary alicyclic amines) is 1. The molecule has 4 rings (SSSR count). The largest absolute Gasteiger partial charge is 0.352 e. The van der Waals surface area contributed by atoms with Gasteiger partial charge in [0.25, 0.3) is 0 Å². The van der Waals surface area contributed by atoms with Crippen molar-refractivity contribution in [1.82, 2.24) is 10.2 Å². The molecule has 1 amide bonds. The maximum absolute atomic E-state index is 12.5. The zero-order valence-corrected chi connectivity index (χ0v) is 16.4. The van der Waals surface area contributed by atoms with E-state index >= 15 is 0 Å². The minimum atomic E-state index is -0.351. The van der Waals surface area contributed by atoms with Crippen LogP contribution >= 0.6 is 0 Å². The van der Waals surface area contributed by atoms with Crippen molar-refractivity contribution in [3.05, 3.63) is 35.9 Å². The van der Waals surface area contributed by atoms with Gasteiger partial charge in [-0.2, -0.15) is 0 Å². The van der Waals surface area contributed by atoms with Gasteiger partial charge in [-0.15, -0.1) is 0 Å². The Morgan fingerprint density at radius 3 is 2.52 bits per heavy atom. The van der Waals surface area contributed by atoms with Gasteiger partial charge in [0.1, 0.15) is 0 Å². The number of piperidine rings is 1. The molecule has 148 valence electrons. The zero-order valence-electron chi connectivity index (χ0n) is 16.4. The molecule has 1 aliphatic carbocycles. The molecule has 3 fully saturated rings. The SMILES string of the molecule is CC1CN(CC(=O)NC2CCC3(CC2)OCCO3)CCC1c1ccccc1. The van der Waals surface area contributed by atoms with Crippen LogP contribution in [0.2, 0.25) is 0 Å². The van der Waals surface area contributed by atoms with E-state index in [1.807, 2.05) is 0 Å². The van der Waals surface area contributed by atoms with Crippen LogP contribution < -0.4 is 5.32 Å². The van der Waals surface area contributed by atoms with Crippen LogP contribution in [0.5, 0.6) is 0 Å². The Labute approximate surface area is 162 Å². The van der Waals surface area contributed by atoms with Crippen molar-refractivity contribution in [1.29, 1.82) is 0 Å². The van der Waals surface area contributed by atoms with Gasteiger partial charge in [0.05, 0.1) is 19.8 Å². The fraction of sp³-hybridized carbons (Fsp3) is 0.682. The third-order valence-electron chi connectivity index (χ3n) is 6.51. The molecular weight excluding hydrogens is 340 g/mol. The summed E-state index contributed by atoms with van der Waals surface area (Å²) in [5.74, 6) is 0.983. The van der Waals surface area contributed by atoms with Crippen LogP contribution in [-0.4, -0.2) is 55.5 Å². The molecule has 1 aromatic rings. The number of nitrogens with zero attached hydrogens (tertiary/aromatic N) is 1. The van der Waals surface area contributed by atoms with Crippen LogP contribution in [0, 0.1) is 5.92 Å². The third-order valence-corrected chi connectivity index (χ3v) is 6.51. The first-order chi connectivity index (χ1) is 13.1. The number of amides is 1. The number of hydrogen-bond acceptors (Lipinski definition) is 4. The zero-order chi connectivity index (χ0) is 18.7. The van der Waals surface area contributed by atoms with E-state index in [2.05, 4.69) is 47.5 Å². The molecule has 1 N–H and O–H groups in total. The fourth-order valence-corrected chi connectivity index (χ4v) is 5.04. The number of hydrogen-bond donors (Lipinski definition) is 1. The third kappa shape index (κ3) is 4.53. The summed E-state index contributed by atoms with van der Waals surface area (Å²) in [6.45, 7) is 6.21. The van der Waals surface area contributed by atoms with Gasteiger partial charge in [-0.25, -0.2) is 0 Å². The highest BCUT2D eigenvalue weighted by Crippen LogP contribution is 2.36. The fourth-order valence-electron chi connectivity index (χ4n) is 5.04. The highest BCUT2D eigenvalue weighted by Gasteiger charge is 2.40. The van der Waals surface area contributed by atoms with E-state index in [4.69, 9.17) is 9.47 Å². The first-order valence-electron chi connectivity index (χ1n) is 10.5. The normalized spacial score (nSPS) is 29.1. The minimum Gasteiger partial charge on any atom is -0.352 e. The minimum absolute atomic E-state index is 0.162. The quantitative estimate of drug-likeness (QED) is 0.883. The number of ether oxygens (including phenoxy) is 2. The first kappa shape index (κ1) is 18.9. The van der Waals surface area contributed by atoms with Gasteiger partial charge in [0, 0.05) is 25.4 Å². The second-order valence-electron chi connectivity index (χ2n) is 8.47. The average Bonchev–Trinajstić information content (AvgIpc) is 3.13. The van der Waals surface area contributed by atoms with E-state index in [1.54, 1.807) is 0 Å². The van der Waals surface area contributed by atoms with Gasteiger partial charge in [-0.3, -0.25) is 9.69 Å². The van der Waals surface area contributed by atoms with E-state index in [1.165, 1.54) is 5.56 Å². The molecule has 0 aromatic heterocycles. The molecule has 5 heteroatoms. The molecule has 0 bridgehead atoms. The molecule has 1 saturated carbocycles. The molecule has 0 radical (unpaired) electrons. The van der Waals surface area contributed by atoms with Crippen molar-refractivity contribution in [2.75, 3.05) is 32.8 Å². The Bertz CT molecular complexity index is 620. The van der Waals surface area contributed by atoms with E-state index in [-0.39, 0.29) is 17.7 Å². The maximum Gasteiger partial charge on any atom is 0.234 e. The van der Waals surface area contributed by atoms with Crippen molar-refractivity contribution in [3.63, 3.8) is 0 Å². The topological polar surface area (TPSA) is 50.8 Å². The number of carbonyl (C=O) groups excluding carboxylic acids is 1. The molecule has 2 atom stereocenters. The van der Waals surface area contributed by atoms with Crippen LogP contribution in [0.3, 0.4) is 0 Å². The van der Waals surface area contributed by atoms with Gasteiger partial charge in [0.2, 0.25) is 5.91 Å². The second-order valence-corrected chi connectivity index (χ2v) is 8.47. The maximum atomic E-state index is 12.5. The summed E-state index contributed by atoms with van der Waals surface area (Å²) in [6.07, 6.45) is 4.78. The number of nitrogens with one attached hydrogen (secondary N) is 1. The van der Waals surface area contributed by atoms with E-state index in [0.717, 1.165) is 45.2 Å². The lowest BCUT2D eigenvalue weighted by atomic mass is 9.81. The Morgan fingerprint density at radius 2 is 1.85 bits per heavy atom. The second kappa shape index (κ2) is 8.29. The lowest BCUT2D eigenvalue weighted by molar-refractivity contribution is -0.180. The molecule has 3 aliphatic rings. The van der Waals surface area contributed by atoms with Crippen molar-refractivity contribution in [2.45, 2.75) is 56.8 Å². The summed E-state index contributed by atoms with van der Waals surface area (Å²) >= 11 is 0. The smallest absolute Gasteiger partial charge is 0.234 e. The Kier molecular flexibility index (Phi) is 5.81. The predicted octanol–water partition coefficient (Wildman–Crippen LogP) is 2.91. The molecule has 2 aliphatic heterocycles. The molecular formula is C22H32N2O3. The Morgan fingerprint density at radius 1 is 1.15 bits per heavy atom. The first-order valence-corrected chi connectivity index (χ1v) is 10.5. The van der Waals surface area contributed by atoms with Gasteiger partial charge in [-0.05, 0) is 43.2 Å². The summed E-state index contributed by atoms with van der Waals surface area (Å²) in [6, 6.07) is 11.0. The Balaban J connectivity index is 1.21. The van der Waals surface area contributed by atoms with Gasteiger partial charge < -0.3 is 14.8 Å². The Hall–Kier alpha value is -1.43.